The highest BCUT2D eigenvalue weighted by Gasteiger charge is 2.38. The van der Waals surface area contributed by atoms with Crippen molar-refractivity contribution < 1.29 is 0 Å². The first-order valence-electron chi connectivity index (χ1n) is 8.60. The van der Waals surface area contributed by atoms with Crippen LogP contribution in [0.3, 0.4) is 0 Å². The van der Waals surface area contributed by atoms with E-state index in [0.717, 1.165) is 6.54 Å². The second kappa shape index (κ2) is 6.33. The lowest BCUT2D eigenvalue weighted by Gasteiger charge is -2.47. The van der Waals surface area contributed by atoms with Crippen LogP contribution in [0.25, 0.3) is 0 Å². The van der Waals surface area contributed by atoms with Gasteiger partial charge in [0.2, 0.25) is 0 Å². The van der Waals surface area contributed by atoms with E-state index < -0.39 is 0 Å². The van der Waals surface area contributed by atoms with Crippen molar-refractivity contribution in [2.45, 2.75) is 75.8 Å². The molecule has 4 heteroatoms. The molecule has 1 heterocycles. The fraction of sp³-hybridized carbons (Fsp3) is 0.938. The summed E-state index contributed by atoms with van der Waals surface area (Å²) in [6.45, 7) is 3.44. The number of guanidine groups is 1. The van der Waals surface area contributed by atoms with E-state index >= 15 is 0 Å². The monoisotopic (exact) mass is 278 g/mol. The predicted octanol–water partition coefficient (Wildman–Crippen LogP) is 2.24. The van der Waals surface area contributed by atoms with Crippen LogP contribution in [0.5, 0.6) is 0 Å². The summed E-state index contributed by atoms with van der Waals surface area (Å²) >= 11 is 0. The fourth-order valence-electron chi connectivity index (χ4n) is 3.87. The van der Waals surface area contributed by atoms with Crippen LogP contribution >= 0.6 is 0 Å². The zero-order chi connectivity index (χ0) is 13.8. The zero-order valence-electron chi connectivity index (χ0n) is 12.7. The number of nitrogens with zero attached hydrogens (tertiary/aromatic N) is 2. The first kappa shape index (κ1) is 14.2. The molecule has 114 valence electrons. The van der Waals surface area contributed by atoms with E-state index in [9.17, 15) is 0 Å². The summed E-state index contributed by atoms with van der Waals surface area (Å²) in [4.78, 5) is 7.46. The molecule has 3 fully saturated rings. The molecule has 0 aromatic rings. The van der Waals surface area contributed by atoms with Gasteiger partial charge in [-0.2, -0.15) is 0 Å². The molecule has 0 spiro atoms. The van der Waals surface area contributed by atoms with Gasteiger partial charge in [-0.3, -0.25) is 9.89 Å². The Labute approximate surface area is 123 Å². The zero-order valence-corrected chi connectivity index (χ0v) is 12.7. The van der Waals surface area contributed by atoms with Crippen LogP contribution in [0.1, 0.15) is 64.2 Å². The van der Waals surface area contributed by atoms with Gasteiger partial charge in [0.05, 0.1) is 6.54 Å². The summed E-state index contributed by atoms with van der Waals surface area (Å²) in [7, 11) is 0. The van der Waals surface area contributed by atoms with Gasteiger partial charge < -0.3 is 11.1 Å². The number of nitrogens with two attached hydrogens (primary N) is 1. The van der Waals surface area contributed by atoms with E-state index in [-0.39, 0.29) is 0 Å². The average molecular weight is 278 g/mol. The molecule has 3 rings (SSSR count). The van der Waals surface area contributed by atoms with Gasteiger partial charge in [-0.05, 0) is 51.6 Å². The van der Waals surface area contributed by atoms with Crippen LogP contribution in [0.2, 0.25) is 0 Å². The highest BCUT2D eigenvalue weighted by Crippen LogP contribution is 2.35. The summed E-state index contributed by atoms with van der Waals surface area (Å²) < 4.78 is 0. The molecule has 4 nitrogen and oxygen atoms in total. The molecule has 20 heavy (non-hydrogen) atoms. The Morgan fingerprint density at radius 2 is 1.70 bits per heavy atom. The summed E-state index contributed by atoms with van der Waals surface area (Å²) in [6, 6.07) is 0.607. The topological polar surface area (TPSA) is 53.6 Å². The molecule has 2 aliphatic carbocycles. The van der Waals surface area contributed by atoms with Crippen LogP contribution in [-0.2, 0) is 0 Å². The number of rotatable bonds is 4. The van der Waals surface area contributed by atoms with Gasteiger partial charge in [0.15, 0.2) is 5.96 Å². The van der Waals surface area contributed by atoms with E-state index in [1.54, 1.807) is 0 Å². The van der Waals surface area contributed by atoms with Gasteiger partial charge in [0.25, 0.3) is 0 Å². The molecular weight excluding hydrogens is 248 g/mol. The Kier molecular flexibility index (Phi) is 4.49. The Morgan fingerprint density at radius 3 is 2.35 bits per heavy atom. The summed E-state index contributed by atoms with van der Waals surface area (Å²) in [5.41, 5.74) is 6.35. The third-order valence-corrected chi connectivity index (χ3v) is 5.28. The summed E-state index contributed by atoms with van der Waals surface area (Å²) in [5, 5.41) is 3.32. The van der Waals surface area contributed by atoms with Crippen molar-refractivity contribution >= 4 is 5.96 Å². The largest absolute Gasteiger partial charge is 0.370 e. The van der Waals surface area contributed by atoms with E-state index in [4.69, 9.17) is 10.7 Å². The minimum Gasteiger partial charge on any atom is -0.370 e. The molecule has 0 unspecified atom stereocenters. The lowest BCUT2D eigenvalue weighted by Crippen LogP contribution is -2.54. The Bertz CT molecular complexity index is 336. The second-order valence-corrected chi connectivity index (χ2v) is 6.95. The van der Waals surface area contributed by atoms with Crippen molar-refractivity contribution in [3.8, 4) is 0 Å². The number of hydrogen-bond donors (Lipinski definition) is 2. The Hall–Kier alpha value is -0.770. The highest BCUT2D eigenvalue weighted by molar-refractivity contribution is 5.78. The normalized spacial score (nSPS) is 28.3. The number of nitrogens with one attached hydrogen (secondary N) is 1. The van der Waals surface area contributed by atoms with Crippen molar-refractivity contribution in [1.82, 2.24) is 10.2 Å². The molecule has 0 aromatic heterocycles. The third kappa shape index (κ3) is 3.46. The standard InChI is InChI=1S/C16H30N4/c17-15(19-14-7-8-14)18-13-16(9-3-1-4-10-16)20-11-5-2-6-12-20/h14H,1-13H2,(H3,17,18,19). The van der Waals surface area contributed by atoms with Gasteiger partial charge in [-0.25, -0.2) is 0 Å². The maximum atomic E-state index is 6.04. The Morgan fingerprint density at radius 1 is 1.05 bits per heavy atom. The highest BCUT2D eigenvalue weighted by atomic mass is 15.2. The lowest BCUT2D eigenvalue weighted by atomic mass is 9.79. The molecule has 0 atom stereocenters. The average Bonchev–Trinajstić information content (AvgIpc) is 3.31. The third-order valence-electron chi connectivity index (χ3n) is 5.28. The minimum atomic E-state index is 0.314. The molecule has 0 amide bonds. The van der Waals surface area contributed by atoms with Crippen molar-refractivity contribution in [2.24, 2.45) is 10.7 Å². The van der Waals surface area contributed by atoms with Gasteiger partial charge in [0.1, 0.15) is 0 Å². The molecule has 1 saturated heterocycles. The van der Waals surface area contributed by atoms with Crippen LogP contribution in [0, 0.1) is 0 Å². The van der Waals surface area contributed by atoms with Gasteiger partial charge in [-0.15, -0.1) is 0 Å². The smallest absolute Gasteiger partial charge is 0.188 e. The van der Waals surface area contributed by atoms with E-state index in [1.165, 1.54) is 77.3 Å². The van der Waals surface area contributed by atoms with E-state index in [0.29, 0.717) is 17.5 Å². The molecule has 0 aromatic carbocycles. The minimum absolute atomic E-state index is 0.314. The number of likely N-dealkylation sites (tertiary alicyclic amines) is 1. The van der Waals surface area contributed by atoms with Gasteiger partial charge in [-0.1, -0.05) is 25.7 Å². The molecule has 2 saturated carbocycles. The van der Waals surface area contributed by atoms with Gasteiger partial charge >= 0.3 is 0 Å². The molecule has 0 bridgehead atoms. The lowest BCUT2D eigenvalue weighted by molar-refractivity contribution is 0.0407. The number of piperidine rings is 1. The van der Waals surface area contributed by atoms with Crippen LogP contribution < -0.4 is 11.1 Å². The molecule has 3 N–H and O–H groups in total. The summed E-state index contributed by atoms with van der Waals surface area (Å²) in [5.74, 6) is 0.675. The van der Waals surface area contributed by atoms with Crippen LogP contribution in [0.15, 0.2) is 4.99 Å². The number of hydrogen-bond acceptors (Lipinski definition) is 2. The van der Waals surface area contributed by atoms with Crippen LogP contribution in [0.4, 0.5) is 0 Å². The first-order valence-corrected chi connectivity index (χ1v) is 8.60. The predicted molar refractivity (Wildman–Crippen MR) is 83.9 cm³/mol. The Balaban J connectivity index is 1.64. The fourth-order valence-corrected chi connectivity index (χ4v) is 3.87. The SMILES string of the molecule is NC(=NCC1(N2CCCCC2)CCCCC1)NC1CC1. The first-order chi connectivity index (χ1) is 9.78. The maximum Gasteiger partial charge on any atom is 0.188 e. The van der Waals surface area contributed by atoms with Crippen molar-refractivity contribution in [3.63, 3.8) is 0 Å². The van der Waals surface area contributed by atoms with Crippen molar-refractivity contribution in [3.05, 3.63) is 0 Å². The van der Waals surface area contributed by atoms with E-state index in [1.807, 2.05) is 0 Å². The van der Waals surface area contributed by atoms with Crippen molar-refractivity contribution in [1.29, 1.82) is 0 Å². The quantitative estimate of drug-likeness (QED) is 0.612. The molecule has 1 aliphatic heterocycles. The van der Waals surface area contributed by atoms with Crippen LogP contribution in [-0.4, -0.2) is 42.1 Å². The maximum absolute atomic E-state index is 6.04. The molecular formula is C16H30N4. The number of aliphatic imine (C=N–C) groups is 1. The van der Waals surface area contributed by atoms with Gasteiger partial charge in [0, 0.05) is 11.6 Å². The second-order valence-electron chi connectivity index (χ2n) is 6.95. The van der Waals surface area contributed by atoms with Crippen molar-refractivity contribution in [2.75, 3.05) is 19.6 Å². The van der Waals surface area contributed by atoms with E-state index in [2.05, 4.69) is 10.2 Å². The molecule has 3 aliphatic rings. The molecule has 0 radical (unpaired) electrons. The summed E-state index contributed by atoms with van der Waals surface area (Å²) in [6.07, 6.45) is 13.4.